The number of carbonyl (C=O) groups is 1. The van der Waals surface area contributed by atoms with Gasteiger partial charge in [0, 0.05) is 18.2 Å². The van der Waals surface area contributed by atoms with Gasteiger partial charge in [-0.1, -0.05) is 46.1 Å². The van der Waals surface area contributed by atoms with E-state index in [1.54, 1.807) is 11.9 Å². The van der Waals surface area contributed by atoms with Gasteiger partial charge in [0.05, 0.1) is 6.54 Å². The summed E-state index contributed by atoms with van der Waals surface area (Å²) in [5, 5.41) is 4.02. The maximum Gasteiger partial charge on any atom is 0.254 e. The zero-order valence-electron chi connectivity index (χ0n) is 14.9. The van der Waals surface area contributed by atoms with E-state index >= 15 is 0 Å². The quantitative estimate of drug-likeness (QED) is 0.725. The van der Waals surface area contributed by atoms with Gasteiger partial charge in [-0.3, -0.25) is 4.79 Å². The lowest BCUT2D eigenvalue weighted by atomic mass is 10.1. The molecule has 2 aromatic carbocycles. The molecule has 0 atom stereocenters. The van der Waals surface area contributed by atoms with E-state index in [4.69, 9.17) is 4.52 Å². The number of aryl methyl sites for hydroxylation is 3. The summed E-state index contributed by atoms with van der Waals surface area (Å²) in [5.41, 5.74) is 4.83. The van der Waals surface area contributed by atoms with Crippen molar-refractivity contribution in [3.63, 3.8) is 0 Å². The summed E-state index contributed by atoms with van der Waals surface area (Å²) in [6.45, 7) is 6.25. The first kappa shape index (κ1) is 16.9. The Bertz CT molecular complexity index is 895. The second-order valence-corrected chi connectivity index (χ2v) is 6.42. The molecule has 0 fully saturated rings. The van der Waals surface area contributed by atoms with E-state index in [2.05, 4.69) is 10.1 Å². The van der Waals surface area contributed by atoms with Gasteiger partial charge in [0.1, 0.15) is 0 Å². The van der Waals surface area contributed by atoms with Crippen LogP contribution >= 0.6 is 0 Å². The molecule has 5 heteroatoms. The minimum absolute atomic E-state index is 0.0675. The fourth-order valence-electron chi connectivity index (χ4n) is 2.81. The number of amides is 1. The normalized spacial score (nSPS) is 10.7. The number of benzene rings is 2. The van der Waals surface area contributed by atoms with Gasteiger partial charge in [-0.25, -0.2) is 0 Å². The van der Waals surface area contributed by atoms with Crippen LogP contribution in [0.25, 0.3) is 11.4 Å². The lowest BCUT2D eigenvalue weighted by molar-refractivity contribution is 0.0769. The lowest BCUT2D eigenvalue weighted by Crippen LogP contribution is -2.26. The summed E-state index contributed by atoms with van der Waals surface area (Å²) in [5.74, 6) is 0.879. The van der Waals surface area contributed by atoms with Gasteiger partial charge < -0.3 is 9.42 Å². The maximum absolute atomic E-state index is 12.6. The third-order valence-electron chi connectivity index (χ3n) is 3.93. The van der Waals surface area contributed by atoms with Crippen LogP contribution in [0.2, 0.25) is 0 Å². The highest BCUT2D eigenvalue weighted by molar-refractivity contribution is 5.94. The molecule has 3 rings (SSSR count). The molecule has 1 amide bonds. The largest absolute Gasteiger partial charge is 0.337 e. The molecule has 0 bridgehead atoms. The second kappa shape index (κ2) is 6.89. The van der Waals surface area contributed by atoms with Crippen LogP contribution < -0.4 is 0 Å². The second-order valence-electron chi connectivity index (χ2n) is 6.42. The highest BCUT2D eigenvalue weighted by Crippen LogP contribution is 2.18. The smallest absolute Gasteiger partial charge is 0.254 e. The summed E-state index contributed by atoms with van der Waals surface area (Å²) in [4.78, 5) is 18.6. The van der Waals surface area contributed by atoms with E-state index in [1.165, 1.54) is 0 Å². The monoisotopic (exact) mass is 335 g/mol. The molecule has 5 nitrogen and oxygen atoms in total. The van der Waals surface area contributed by atoms with Crippen molar-refractivity contribution in [3.8, 4) is 11.4 Å². The van der Waals surface area contributed by atoms with Crippen LogP contribution in [0, 0.1) is 20.8 Å². The van der Waals surface area contributed by atoms with E-state index in [0.717, 1.165) is 22.3 Å². The molecule has 1 heterocycles. The average molecular weight is 335 g/mol. The van der Waals surface area contributed by atoms with Crippen molar-refractivity contribution >= 4 is 5.91 Å². The molecule has 0 saturated heterocycles. The van der Waals surface area contributed by atoms with E-state index in [9.17, 15) is 4.79 Å². The average Bonchev–Trinajstić information content (AvgIpc) is 3.01. The van der Waals surface area contributed by atoms with Crippen LogP contribution in [-0.2, 0) is 6.54 Å². The molecule has 128 valence electrons. The van der Waals surface area contributed by atoms with Crippen molar-refractivity contribution in [3.05, 3.63) is 70.6 Å². The Morgan fingerprint density at radius 1 is 1.04 bits per heavy atom. The van der Waals surface area contributed by atoms with Gasteiger partial charge >= 0.3 is 0 Å². The fourth-order valence-corrected chi connectivity index (χ4v) is 2.81. The first-order chi connectivity index (χ1) is 11.9. The summed E-state index contributed by atoms with van der Waals surface area (Å²) >= 11 is 0. The summed E-state index contributed by atoms with van der Waals surface area (Å²) < 4.78 is 5.31. The lowest BCUT2D eigenvalue weighted by Gasteiger charge is -2.15. The summed E-state index contributed by atoms with van der Waals surface area (Å²) in [7, 11) is 1.73. The highest BCUT2D eigenvalue weighted by Gasteiger charge is 2.16. The zero-order valence-corrected chi connectivity index (χ0v) is 14.9. The molecule has 0 aliphatic heterocycles. The van der Waals surface area contributed by atoms with Crippen molar-refractivity contribution in [2.45, 2.75) is 27.3 Å². The third-order valence-corrected chi connectivity index (χ3v) is 3.93. The van der Waals surface area contributed by atoms with E-state index in [-0.39, 0.29) is 12.5 Å². The highest BCUT2D eigenvalue weighted by atomic mass is 16.5. The molecule has 0 aliphatic rings. The maximum atomic E-state index is 12.6. The SMILES string of the molecule is Cc1cc(C)cc(C(=O)N(C)Cc2nc(-c3cccc(C)c3)no2)c1. The van der Waals surface area contributed by atoms with Crippen LogP contribution in [0.3, 0.4) is 0 Å². The standard InChI is InChI=1S/C20H21N3O2/c1-13-6-5-7-16(9-13)19-21-18(25-22-19)12-23(4)20(24)17-10-14(2)8-15(3)11-17/h5-11H,12H2,1-4H3. The number of nitrogens with zero attached hydrogens (tertiary/aromatic N) is 3. The molecule has 0 spiro atoms. The Balaban J connectivity index is 1.75. The number of hydrogen-bond acceptors (Lipinski definition) is 4. The predicted octanol–water partition coefficient (Wildman–Crippen LogP) is 3.93. The molecule has 0 radical (unpaired) electrons. The molecule has 0 saturated carbocycles. The van der Waals surface area contributed by atoms with Crippen molar-refractivity contribution in [1.29, 1.82) is 0 Å². The Labute approximate surface area is 147 Å². The minimum Gasteiger partial charge on any atom is -0.337 e. The number of aromatic nitrogens is 2. The molecule has 25 heavy (non-hydrogen) atoms. The van der Waals surface area contributed by atoms with Gasteiger partial charge in [0.2, 0.25) is 11.7 Å². The van der Waals surface area contributed by atoms with Gasteiger partial charge in [0.15, 0.2) is 0 Å². The number of hydrogen-bond donors (Lipinski definition) is 0. The van der Waals surface area contributed by atoms with Crippen LogP contribution in [0.1, 0.15) is 32.9 Å². The van der Waals surface area contributed by atoms with E-state index in [1.807, 2.05) is 63.2 Å². The Kier molecular flexibility index (Phi) is 4.65. The summed E-state index contributed by atoms with van der Waals surface area (Å²) in [6.07, 6.45) is 0. The molecular weight excluding hydrogens is 314 g/mol. The molecule has 1 aromatic heterocycles. The van der Waals surface area contributed by atoms with Crippen LogP contribution in [0.5, 0.6) is 0 Å². The predicted molar refractivity (Wildman–Crippen MR) is 96.2 cm³/mol. The van der Waals surface area contributed by atoms with Gasteiger partial charge in [-0.05, 0) is 39.0 Å². The van der Waals surface area contributed by atoms with Crippen LogP contribution in [0.4, 0.5) is 0 Å². The Morgan fingerprint density at radius 2 is 1.76 bits per heavy atom. The first-order valence-electron chi connectivity index (χ1n) is 8.16. The van der Waals surface area contributed by atoms with E-state index < -0.39 is 0 Å². The molecular formula is C20H21N3O2. The van der Waals surface area contributed by atoms with Crippen molar-refractivity contribution in [2.75, 3.05) is 7.05 Å². The Hall–Kier alpha value is -2.95. The topological polar surface area (TPSA) is 59.2 Å². The van der Waals surface area contributed by atoms with Gasteiger partial charge in [-0.2, -0.15) is 4.98 Å². The van der Waals surface area contributed by atoms with Crippen LogP contribution in [0.15, 0.2) is 47.0 Å². The minimum atomic E-state index is -0.0675. The van der Waals surface area contributed by atoms with Crippen molar-refractivity contribution in [2.24, 2.45) is 0 Å². The fraction of sp³-hybridized carbons (Fsp3) is 0.250. The zero-order chi connectivity index (χ0) is 18.0. The number of rotatable bonds is 4. The molecule has 3 aromatic rings. The van der Waals surface area contributed by atoms with Crippen molar-refractivity contribution in [1.82, 2.24) is 15.0 Å². The van der Waals surface area contributed by atoms with Crippen LogP contribution in [-0.4, -0.2) is 28.0 Å². The Morgan fingerprint density at radius 3 is 2.44 bits per heavy atom. The summed E-state index contributed by atoms with van der Waals surface area (Å²) in [6, 6.07) is 13.7. The van der Waals surface area contributed by atoms with Gasteiger partial charge in [-0.15, -0.1) is 0 Å². The molecule has 0 N–H and O–H groups in total. The van der Waals surface area contributed by atoms with Crippen molar-refractivity contribution < 1.29 is 9.32 Å². The number of carbonyl (C=O) groups excluding carboxylic acids is 1. The molecule has 0 aliphatic carbocycles. The van der Waals surface area contributed by atoms with E-state index in [0.29, 0.717) is 17.3 Å². The third kappa shape index (κ3) is 3.94. The first-order valence-corrected chi connectivity index (χ1v) is 8.16. The molecule has 0 unspecified atom stereocenters. The van der Waals surface area contributed by atoms with Gasteiger partial charge in [0.25, 0.3) is 5.91 Å².